The summed E-state index contributed by atoms with van der Waals surface area (Å²) in [4.78, 5) is 12.4. The van der Waals surface area contributed by atoms with Gasteiger partial charge in [0.1, 0.15) is 0 Å². The number of aliphatic hydroxyl groups excluding tert-OH is 1. The standard InChI is InChI=1S/C16H17BrN2O2/c1-10-13(7-12(17)8-14(10)18)16(21)19-15(9-20)11-5-3-2-4-6-11/h2-8,15,20H,9,18H2,1H3,(H,19,21). The Kier molecular flexibility index (Phi) is 4.98. The molecule has 1 unspecified atom stereocenters. The molecule has 0 spiro atoms. The van der Waals surface area contributed by atoms with Crippen molar-refractivity contribution in [3.8, 4) is 0 Å². The summed E-state index contributed by atoms with van der Waals surface area (Å²) >= 11 is 3.33. The van der Waals surface area contributed by atoms with E-state index in [9.17, 15) is 9.90 Å². The van der Waals surface area contributed by atoms with Crippen LogP contribution in [-0.4, -0.2) is 17.6 Å². The first kappa shape index (κ1) is 15.5. The molecule has 0 bridgehead atoms. The predicted molar refractivity (Wildman–Crippen MR) is 87.0 cm³/mol. The third-order valence-electron chi connectivity index (χ3n) is 3.35. The summed E-state index contributed by atoms with van der Waals surface area (Å²) in [5.41, 5.74) is 8.50. The van der Waals surface area contributed by atoms with Crippen LogP contribution in [0.1, 0.15) is 27.5 Å². The van der Waals surface area contributed by atoms with Gasteiger partial charge in [0, 0.05) is 15.7 Å². The summed E-state index contributed by atoms with van der Waals surface area (Å²) in [6, 6.07) is 12.4. The summed E-state index contributed by atoms with van der Waals surface area (Å²) < 4.78 is 0.746. The van der Waals surface area contributed by atoms with Crippen molar-refractivity contribution in [3.63, 3.8) is 0 Å². The molecule has 0 aliphatic carbocycles. The fourth-order valence-corrected chi connectivity index (χ4v) is 2.57. The molecule has 110 valence electrons. The molecular formula is C16H17BrN2O2. The van der Waals surface area contributed by atoms with Crippen molar-refractivity contribution in [1.82, 2.24) is 5.32 Å². The molecule has 1 amide bonds. The first-order valence-corrected chi connectivity index (χ1v) is 7.34. The highest BCUT2D eigenvalue weighted by atomic mass is 79.9. The van der Waals surface area contributed by atoms with Crippen LogP contribution in [0.3, 0.4) is 0 Å². The van der Waals surface area contributed by atoms with Crippen molar-refractivity contribution in [3.05, 3.63) is 63.6 Å². The van der Waals surface area contributed by atoms with Crippen LogP contribution in [0.25, 0.3) is 0 Å². The number of nitrogens with one attached hydrogen (secondary N) is 1. The van der Waals surface area contributed by atoms with Crippen molar-refractivity contribution in [2.45, 2.75) is 13.0 Å². The zero-order valence-electron chi connectivity index (χ0n) is 11.6. The molecule has 0 heterocycles. The fourth-order valence-electron chi connectivity index (χ4n) is 2.09. The average Bonchev–Trinajstić information content (AvgIpc) is 2.49. The highest BCUT2D eigenvalue weighted by molar-refractivity contribution is 9.10. The van der Waals surface area contributed by atoms with Gasteiger partial charge in [-0.1, -0.05) is 46.3 Å². The van der Waals surface area contributed by atoms with E-state index in [-0.39, 0.29) is 12.5 Å². The third kappa shape index (κ3) is 3.62. The van der Waals surface area contributed by atoms with Gasteiger partial charge >= 0.3 is 0 Å². The van der Waals surface area contributed by atoms with Crippen LogP contribution in [-0.2, 0) is 0 Å². The number of halogens is 1. The van der Waals surface area contributed by atoms with Gasteiger partial charge in [0.05, 0.1) is 12.6 Å². The number of carbonyl (C=O) groups is 1. The minimum atomic E-state index is -0.446. The molecule has 0 aliphatic heterocycles. The molecule has 0 saturated heterocycles. The van der Waals surface area contributed by atoms with Gasteiger partial charge in [0.2, 0.25) is 0 Å². The van der Waals surface area contributed by atoms with E-state index in [1.807, 2.05) is 30.3 Å². The second-order valence-corrected chi connectivity index (χ2v) is 5.70. The zero-order chi connectivity index (χ0) is 15.4. The molecule has 4 N–H and O–H groups in total. The maximum absolute atomic E-state index is 12.4. The van der Waals surface area contributed by atoms with E-state index < -0.39 is 6.04 Å². The largest absolute Gasteiger partial charge is 0.398 e. The Morgan fingerprint density at radius 3 is 2.62 bits per heavy atom. The monoisotopic (exact) mass is 348 g/mol. The van der Waals surface area contributed by atoms with Crippen molar-refractivity contribution in [1.29, 1.82) is 0 Å². The molecule has 21 heavy (non-hydrogen) atoms. The Morgan fingerprint density at radius 1 is 1.33 bits per heavy atom. The molecule has 1 atom stereocenters. The highest BCUT2D eigenvalue weighted by Crippen LogP contribution is 2.23. The number of rotatable bonds is 4. The maximum Gasteiger partial charge on any atom is 0.252 e. The van der Waals surface area contributed by atoms with Crippen LogP contribution in [0, 0.1) is 6.92 Å². The summed E-state index contributed by atoms with van der Waals surface area (Å²) in [5, 5.41) is 12.3. The fraction of sp³-hybridized carbons (Fsp3) is 0.188. The topological polar surface area (TPSA) is 75.4 Å². The second-order valence-electron chi connectivity index (χ2n) is 4.79. The number of anilines is 1. The van der Waals surface area contributed by atoms with Gasteiger partial charge in [0.25, 0.3) is 5.91 Å². The Balaban J connectivity index is 2.25. The van der Waals surface area contributed by atoms with Gasteiger partial charge in [-0.3, -0.25) is 4.79 Å². The Labute approximate surface area is 132 Å². The number of hydrogen-bond donors (Lipinski definition) is 3. The van der Waals surface area contributed by atoms with Crippen molar-refractivity contribution in [2.24, 2.45) is 0 Å². The number of aliphatic hydroxyl groups is 1. The molecule has 2 aromatic rings. The predicted octanol–water partition coefficient (Wildman–Crippen LogP) is 2.80. The van der Waals surface area contributed by atoms with Gasteiger partial charge in [-0.15, -0.1) is 0 Å². The Bertz CT molecular complexity index is 644. The normalized spacial score (nSPS) is 12.0. The summed E-state index contributed by atoms with van der Waals surface area (Å²) in [6.07, 6.45) is 0. The first-order chi connectivity index (χ1) is 10.0. The molecule has 0 saturated carbocycles. The molecule has 0 fully saturated rings. The van der Waals surface area contributed by atoms with Crippen molar-refractivity contribution in [2.75, 3.05) is 12.3 Å². The van der Waals surface area contributed by atoms with E-state index in [1.165, 1.54) is 0 Å². The van der Waals surface area contributed by atoms with Crippen molar-refractivity contribution >= 4 is 27.5 Å². The zero-order valence-corrected chi connectivity index (χ0v) is 13.2. The lowest BCUT2D eigenvalue weighted by Crippen LogP contribution is -2.31. The summed E-state index contributed by atoms with van der Waals surface area (Å²) in [6.45, 7) is 1.63. The van der Waals surface area contributed by atoms with E-state index in [0.717, 1.165) is 15.6 Å². The van der Waals surface area contributed by atoms with Crippen LogP contribution in [0.15, 0.2) is 46.9 Å². The van der Waals surface area contributed by atoms with Crippen LogP contribution < -0.4 is 11.1 Å². The summed E-state index contributed by atoms with van der Waals surface area (Å²) in [5.74, 6) is -0.261. The van der Waals surface area contributed by atoms with E-state index in [0.29, 0.717) is 11.3 Å². The Hall–Kier alpha value is -1.85. The minimum absolute atomic E-state index is 0.168. The SMILES string of the molecule is Cc1c(N)cc(Br)cc1C(=O)NC(CO)c1ccccc1. The lowest BCUT2D eigenvalue weighted by molar-refractivity contribution is 0.0915. The number of nitrogens with two attached hydrogens (primary N) is 1. The molecule has 0 aliphatic rings. The average molecular weight is 349 g/mol. The molecule has 0 radical (unpaired) electrons. The van der Waals surface area contributed by atoms with Crippen LogP contribution in [0.4, 0.5) is 5.69 Å². The van der Waals surface area contributed by atoms with Gasteiger partial charge in [-0.25, -0.2) is 0 Å². The molecule has 2 aromatic carbocycles. The molecule has 2 rings (SSSR count). The number of nitrogen functional groups attached to an aromatic ring is 1. The van der Waals surface area contributed by atoms with E-state index in [4.69, 9.17) is 5.73 Å². The number of carbonyl (C=O) groups excluding carboxylic acids is 1. The number of amides is 1. The highest BCUT2D eigenvalue weighted by Gasteiger charge is 2.17. The van der Waals surface area contributed by atoms with Crippen LogP contribution >= 0.6 is 15.9 Å². The van der Waals surface area contributed by atoms with Crippen LogP contribution in [0.2, 0.25) is 0 Å². The third-order valence-corrected chi connectivity index (χ3v) is 3.80. The second kappa shape index (κ2) is 6.74. The minimum Gasteiger partial charge on any atom is -0.398 e. The summed E-state index contributed by atoms with van der Waals surface area (Å²) in [7, 11) is 0. The molecular weight excluding hydrogens is 332 g/mol. The Morgan fingerprint density at radius 2 is 2.00 bits per heavy atom. The van der Waals surface area contributed by atoms with Gasteiger partial charge < -0.3 is 16.2 Å². The lowest BCUT2D eigenvalue weighted by atomic mass is 10.0. The lowest BCUT2D eigenvalue weighted by Gasteiger charge is -2.18. The van der Waals surface area contributed by atoms with E-state index in [1.54, 1.807) is 19.1 Å². The first-order valence-electron chi connectivity index (χ1n) is 6.55. The van der Waals surface area contributed by atoms with Gasteiger partial charge in [-0.05, 0) is 30.2 Å². The molecule has 4 nitrogen and oxygen atoms in total. The van der Waals surface area contributed by atoms with Crippen LogP contribution in [0.5, 0.6) is 0 Å². The van der Waals surface area contributed by atoms with E-state index >= 15 is 0 Å². The number of hydrogen-bond acceptors (Lipinski definition) is 3. The quantitative estimate of drug-likeness (QED) is 0.743. The van der Waals surface area contributed by atoms with E-state index in [2.05, 4.69) is 21.2 Å². The number of benzene rings is 2. The maximum atomic E-state index is 12.4. The van der Waals surface area contributed by atoms with Gasteiger partial charge in [-0.2, -0.15) is 0 Å². The molecule has 5 heteroatoms. The molecule has 0 aromatic heterocycles. The van der Waals surface area contributed by atoms with Gasteiger partial charge in [0.15, 0.2) is 0 Å². The smallest absolute Gasteiger partial charge is 0.252 e. The van der Waals surface area contributed by atoms with Crippen molar-refractivity contribution < 1.29 is 9.90 Å².